The van der Waals surface area contributed by atoms with Gasteiger partial charge in [0.2, 0.25) is 5.95 Å². The van der Waals surface area contributed by atoms with E-state index in [2.05, 4.69) is 30.0 Å². The fourth-order valence-corrected chi connectivity index (χ4v) is 6.06. The lowest BCUT2D eigenvalue weighted by Crippen LogP contribution is -2.43. The van der Waals surface area contributed by atoms with Gasteiger partial charge in [-0.3, -0.25) is 9.97 Å². The molecule has 6 heterocycles. The molecule has 2 aliphatic rings. The first kappa shape index (κ1) is 36.7. The SMILES string of the molecule is C.CC(C)(C)OC(=O)N1CCCC(n2c(N)nc3ccncc32)C1.CC(C)(C)OC(=O)N1CCCC(n2c(N=[N+]=[N-])nc3ccncc32)C1. The summed E-state index contributed by atoms with van der Waals surface area (Å²) in [6.45, 7) is 13.6. The largest absolute Gasteiger partial charge is 0.444 e. The Bertz CT molecular complexity index is 1820. The van der Waals surface area contributed by atoms with Crippen molar-refractivity contribution in [1.29, 1.82) is 0 Å². The number of nitrogens with two attached hydrogens (primary N) is 1. The summed E-state index contributed by atoms with van der Waals surface area (Å²) < 4.78 is 14.8. The van der Waals surface area contributed by atoms with Crippen molar-refractivity contribution >= 4 is 46.1 Å². The highest BCUT2D eigenvalue weighted by Crippen LogP contribution is 2.32. The molecule has 0 radical (unpaired) electrons. The van der Waals surface area contributed by atoms with Crippen LogP contribution in [0.3, 0.4) is 0 Å². The number of carbonyl (C=O) groups excluding carboxylic acids is 2. The van der Waals surface area contributed by atoms with Crippen molar-refractivity contribution in [1.82, 2.24) is 38.9 Å². The van der Waals surface area contributed by atoms with Crippen LogP contribution in [-0.2, 0) is 9.47 Å². The minimum absolute atomic E-state index is 0. The molecule has 2 fully saturated rings. The monoisotopic (exact) mass is 676 g/mol. The molecular weight excluding hydrogens is 628 g/mol. The number of azide groups is 1. The third kappa shape index (κ3) is 8.87. The summed E-state index contributed by atoms with van der Waals surface area (Å²) in [7, 11) is 0. The van der Waals surface area contributed by atoms with Gasteiger partial charge in [-0.15, -0.1) is 0 Å². The topological polar surface area (TPSA) is 195 Å². The summed E-state index contributed by atoms with van der Waals surface area (Å²) in [4.78, 5) is 48.1. The average molecular weight is 677 g/mol. The second-order valence-corrected chi connectivity index (χ2v) is 14.0. The number of imidazole rings is 2. The van der Waals surface area contributed by atoms with E-state index in [1.54, 1.807) is 40.7 Å². The number of amides is 2. The molecule has 0 aliphatic carbocycles. The Balaban J connectivity index is 0.000000217. The summed E-state index contributed by atoms with van der Waals surface area (Å²) in [5.74, 6) is 0.755. The van der Waals surface area contributed by atoms with Crippen molar-refractivity contribution in [3.05, 3.63) is 47.4 Å². The molecule has 2 atom stereocenters. The lowest BCUT2D eigenvalue weighted by molar-refractivity contribution is 0.0165. The van der Waals surface area contributed by atoms with Crippen LogP contribution >= 0.6 is 0 Å². The Morgan fingerprint density at radius 1 is 0.837 bits per heavy atom. The Morgan fingerprint density at radius 2 is 1.31 bits per heavy atom. The van der Waals surface area contributed by atoms with Gasteiger partial charge in [0.25, 0.3) is 0 Å². The molecule has 264 valence electrons. The van der Waals surface area contributed by atoms with Crippen molar-refractivity contribution in [3.8, 4) is 0 Å². The highest BCUT2D eigenvalue weighted by Gasteiger charge is 2.31. The van der Waals surface area contributed by atoms with Crippen LogP contribution in [0.1, 0.15) is 86.7 Å². The number of rotatable bonds is 3. The number of hydrogen-bond donors (Lipinski definition) is 1. The van der Waals surface area contributed by atoms with Gasteiger partial charge in [0.1, 0.15) is 11.2 Å². The number of fused-ring (bicyclic) bond motifs is 2. The first-order valence-corrected chi connectivity index (χ1v) is 16.1. The zero-order valence-corrected chi connectivity index (χ0v) is 28.4. The number of piperidine rings is 2. The number of likely N-dealkylation sites (tertiary alicyclic amines) is 2. The summed E-state index contributed by atoms with van der Waals surface area (Å²) in [5.41, 5.74) is 17.1. The molecular formula is C33H48N12O4. The first-order valence-electron chi connectivity index (χ1n) is 16.1. The third-order valence-corrected chi connectivity index (χ3v) is 7.95. The molecule has 2 aliphatic heterocycles. The summed E-state index contributed by atoms with van der Waals surface area (Å²) >= 11 is 0. The third-order valence-electron chi connectivity index (χ3n) is 7.95. The van der Waals surface area contributed by atoms with E-state index >= 15 is 0 Å². The van der Waals surface area contributed by atoms with E-state index in [9.17, 15) is 9.59 Å². The first-order chi connectivity index (χ1) is 22.7. The van der Waals surface area contributed by atoms with Crippen molar-refractivity contribution in [3.63, 3.8) is 0 Å². The molecule has 4 aromatic rings. The molecule has 6 rings (SSSR count). The molecule has 0 bridgehead atoms. The number of hydrogen-bond acceptors (Lipinski definition) is 10. The van der Waals surface area contributed by atoms with Gasteiger partial charge in [-0.25, -0.2) is 19.6 Å². The minimum Gasteiger partial charge on any atom is -0.444 e. The molecule has 2 saturated heterocycles. The summed E-state index contributed by atoms with van der Waals surface area (Å²) in [6, 6.07) is 3.66. The van der Waals surface area contributed by atoms with E-state index in [1.807, 2.05) is 56.7 Å². The van der Waals surface area contributed by atoms with Crippen LogP contribution in [0.2, 0.25) is 0 Å². The Labute approximate surface area is 286 Å². The number of ether oxygens (including phenoxy) is 2. The maximum Gasteiger partial charge on any atom is 0.410 e. The predicted octanol–water partition coefficient (Wildman–Crippen LogP) is 7.17. The van der Waals surface area contributed by atoms with E-state index in [0.717, 1.165) is 42.2 Å². The van der Waals surface area contributed by atoms with Gasteiger partial charge in [0.15, 0.2) is 5.95 Å². The van der Waals surface area contributed by atoms with Crippen LogP contribution in [0, 0.1) is 0 Å². The van der Waals surface area contributed by atoms with Gasteiger partial charge in [0.05, 0.1) is 46.5 Å². The van der Waals surface area contributed by atoms with Crippen LogP contribution < -0.4 is 5.73 Å². The molecule has 2 amide bonds. The van der Waals surface area contributed by atoms with E-state index in [-0.39, 0.29) is 31.7 Å². The lowest BCUT2D eigenvalue weighted by Gasteiger charge is -2.35. The van der Waals surface area contributed by atoms with Crippen molar-refractivity contribution in [2.45, 2.75) is 97.9 Å². The average Bonchev–Trinajstić information content (AvgIpc) is 3.56. The number of aromatic nitrogens is 6. The smallest absolute Gasteiger partial charge is 0.410 e. The van der Waals surface area contributed by atoms with E-state index < -0.39 is 11.2 Å². The van der Waals surface area contributed by atoms with Crippen molar-refractivity contribution in [2.75, 3.05) is 31.9 Å². The quantitative estimate of drug-likeness (QED) is 0.133. The highest BCUT2D eigenvalue weighted by molar-refractivity contribution is 5.78. The van der Waals surface area contributed by atoms with E-state index in [0.29, 0.717) is 43.6 Å². The van der Waals surface area contributed by atoms with Gasteiger partial charge >= 0.3 is 12.2 Å². The van der Waals surface area contributed by atoms with Crippen LogP contribution in [0.25, 0.3) is 32.5 Å². The second kappa shape index (κ2) is 15.0. The highest BCUT2D eigenvalue weighted by atomic mass is 16.6. The minimum atomic E-state index is -0.536. The zero-order chi connectivity index (χ0) is 34.6. The number of nitrogen functional groups attached to an aromatic ring is 1. The van der Waals surface area contributed by atoms with Crippen LogP contribution in [0.4, 0.5) is 21.5 Å². The number of pyridine rings is 2. The molecule has 0 spiro atoms. The summed E-state index contributed by atoms with van der Waals surface area (Å²) in [6.07, 6.45) is 9.75. The number of carbonyl (C=O) groups is 2. The standard InChI is InChI=1S/C16H21N7O2.C16H23N5O2.CH4/c1-16(2,3)25-15(24)22-8-4-5-11(10-22)23-13-9-18-7-6-12(13)19-14(23)20-21-17;1-16(2,3)23-15(22)20-8-4-5-11(10-20)21-13-9-18-7-6-12(13)19-14(21)17;/h6-7,9,11H,4-5,8,10H2,1-3H3;6-7,9,11H,4-5,8,10H2,1-3H3,(H2,17,19);1H4. The van der Waals surface area contributed by atoms with Crippen molar-refractivity contribution in [2.24, 2.45) is 5.11 Å². The van der Waals surface area contributed by atoms with Crippen LogP contribution in [0.5, 0.6) is 0 Å². The van der Waals surface area contributed by atoms with E-state index in [1.165, 1.54) is 0 Å². The number of nitrogens with zero attached hydrogens (tertiary/aromatic N) is 11. The Hall–Kier alpha value is -5.11. The predicted molar refractivity (Wildman–Crippen MR) is 187 cm³/mol. The van der Waals surface area contributed by atoms with Gasteiger partial charge < -0.3 is 34.1 Å². The Morgan fingerprint density at radius 3 is 1.80 bits per heavy atom. The Kier molecular flexibility index (Phi) is 11.2. The van der Waals surface area contributed by atoms with Gasteiger partial charge in [0, 0.05) is 43.5 Å². The molecule has 0 aromatic carbocycles. The van der Waals surface area contributed by atoms with Gasteiger partial charge in [-0.05, 0) is 90.0 Å². The molecule has 49 heavy (non-hydrogen) atoms. The summed E-state index contributed by atoms with van der Waals surface area (Å²) in [5, 5.41) is 3.72. The van der Waals surface area contributed by atoms with E-state index in [4.69, 9.17) is 20.7 Å². The molecule has 16 nitrogen and oxygen atoms in total. The van der Waals surface area contributed by atoms with Crippen LogP contribution in [0.15, 0.2) is 42.0 Å². The molecule has 4 aromatic heterocycles. The maximum absolute atomic E-state index is 12.4. The molecule has 2 unspecified atom stereocenters. The molecule has 0 saturated carbocycles. The van der Waals surface area contributed by atoms with Crippen LogP contribution in [-0.4, -0.2) is 88.4 Å². The maximum atomic E-state index is 12.4. The van der Waals surface area contributed by atoms with Gasteiger partial charge in [-0.2, -0.15) is 0 Å². The normalized spacial score (nSPS) is 18.2. The fourth-order valence-electron chi connectivity index (χ4n) is 6.06. The van der Waals surface area contributed by atoms with Crippen molar-refractivity contribution < 1.29 is 19.1 Å². The van der Waals surface area contributed by atoms with Gasteiger partial charge in [-0.1, -0.05) is 7.43 Å². The number of anilines is 1. The zero-order valence-electron chi connectivity index (χ0n) is 28.4. The lowest BCUT2D eigenvalue weighted by atomic mass is 10.1. The molecule has 16 heteroatoms. The fraction of sp³-hybridized carbons (Fsp3) is 0.576. The second-order valence-electron chi connectivity index (χ2n) is 14.0. The molecule has 2 N–H and O–H groups in total.